The number of ether oxygens (including phenoxy) is 1. The van der Waals surface area contributed by atoms with Crippen molar-refractivity contribution in [3.63, 3.8) is 0 Å². The van der Waals surface area contributed by atoms with Crippen LogP contribution in [-0.4, -0.2) is 24.1 Å². The molecule has 2 atom stereocenters. The second-order valence-corrected chi connectivity index (χ2v) is 5.24. The van der Waals surface area contributed by atoms with Gasteiger partial charge in [0.25, 0.3) is 0 Å². The minimum atomic E-state index is -0.882. The van der Waals surface area contributed by atoms with Crippen LogP contribution in [0.1, 0.15) is 33.6 Å². The van der Waals surface area contributed by atoms with Crippen LogP contribution < -0.4 is 15.8 Å². The van der Waals surface area contributed by atoms with Crippen LogP contribution in [-0.2, 0) is 4.79 Å². The van der Waals surface area contributed by atoms with E-state index in [1.54, 1.807) is 32.0 Å². The highest BCUT2D eigenvalue weighted by atomic mass is 19.1. The molecule has 4 nitrogen and oxygen atoms in total. The van der Waals surface area contributed by atoms with E-state index < -0.39 is 11.4 Å². The molecule has 0 radical (unpaired) electrons. The highest BCUT2D eigenvalue weighted by molar-refractivity contribution is 5.85. The zero-order chi connectivity index (χ0) is 15.2. The van der Waals surface area contributed by atoms with E-state index in [9.17, 15) is 9.18 Å². The lowest BCUT2D eigenvalue weighted by Crippen LogP contribution is -2.53. The predicted molar refractivity (Wildman–Crippen MR) is 77.0 cm³/mol. The van der Waals surface area contributed by atoms with Crippen molar-refractivity contribution in [1.29, 1.82) is 0 Å². The molecular formula is C15H23FN2O2. The van der Waals surface area contributed by atoms with E-state index in [0.717, 1.165) is 6.42 Å². The van der Waals surface area contributed by atoms with Gasteiger partial charge in [-0.2, -0.15) is 0 Å². The Labute approximate surface area is 119 Å². The molecule has 3 N–H and O–H groups in total. The number of rotatable bonds is 7. The van der Waals surface area contributed by atoms with Crippen LogP contribution >= 0.6 is 0 Å². The SMILES string of the molecule is CCCC(C)(N)C(=O)NCC(C)Oc1ccccc1F. The third-order valence-electron chi connectivity index (χ3n) is 3.00. The summed E-state index contributed by atoms with van der Waals surface area (Å²) < 4.78 is 18.8. The summed E-state index contributed by atoms with van der Waals surface area (Å²) in [4.78, 5) is 11.9. The normalized spacial score (nSPS) is 15.2. The molecule has 20 heavy (non-hydrogen) atoms. The van der Waals surface area contributed by atoms with Crippen molar-refractivity contribution in [1.82, 2.24) is 5.32 Å². The lowest BCUT2D eigenvalue weighted by Gasteiger charge is -2.24. The fourth-order valence-corrected chi connectivity index (χ4v) is 1.87. The van der Waals surface area contributed by atoms with E-state index in [2.05, 4.69) is 5.32 Å². The molecule has 0 fully saturated rings. The minimum Gasteiger partial charge on any atom is -0.486 e. The Hall–Kier alpha value is -1.62. The molecule has 1 amide bonds. The molecule has 112 valence electrons. The van der Waals surface area contributed by atoms with Gasteiger partial charge in [0.05, 0.1) is 12.1 Å². The molecule has 1 rings (SSSR count). The number of carbonyl (C=O) groups is 1. The Kier molecular flexibility index (Phi) is 5.95. The molecule has 0 bridgehead atoms. The number of halogens is 1. The molecule has 0 aliphatic carbocycles. The first-order valence-electron chi connectivity index (χ1n) is 6.85. The first kappa shape index (κ1) is 16.4. The standard InChI is InChI=1S/C15H23FN2O2/c1-4-9-15(3,17)14(19)18-10-11(2)20-13-8-6-5-7-12(13)16/h5-8,11H,4,9-10,17H2,1-3H3,(H,18,19). The fourth-order valence-electron chi connectivity index (χ4n) is 1.87. The molecule has 0 saturated carbocycles. The predicted octanol–water partition coefficient (Wildman–Crippen LogP) is 2.23. The van der Waals surface area contributed by atoms with Gasteiger partial charge in [-0.15, -0.1) is 0 Å². The van der Waals surface area contributed by atoms with Crippen LogP contribution in [0.5, 0.6) is 5.75 Å². The van der Waals surface area contributed by atoms with Crippen molar-refractivity contribution >= 4 is 5.91 Å². The van der Waals surface area contributed by atoms with Crippen LogP contribution in [0, 0.1) is 5.82 Å². The molecule has 2 unspecified atom stereocenters. The van der Waals surface area contributed by atoms with Crippen LogP contribution in [0.25, 0.3) is 0 Å². The maximum atomic E-state index is 13.4. The lowest BCUT2D eigenvalue weighted by atomic mass is 9.96. The van der Waals surface area contributed by atoms with Crippen LogP contribution in [0.3, 0.4) is 0 Å². The van der Waals surface area contributed by atoms with Crippen LogP contribution in [0.15, 0.2) is 24.3 Å². The fraction of sp³-hybridized carbons (Fsp3) is 0.533. The van der Waals surface area contributed by atoms with E-state index in [4.69, 9.17) is 10.5 Å². The number of nitrogens with two attached hydrogens (primary N) is 1. The smallest absolute Gasteiger partial charge is 0.239 e. The van der Waals surface area contributed by atoms with Gasteiger partial charge in [-0.05, 0) is 32.4 Å². The number of carbonyl (C=O) groups excluding carboxylic acids is 1. The summed E-state index contributed by atoms with van der Waals surface area (Å²) in [6, 6.07) is 6.18. The Morgan fingerprint density at radius 3 is 2.75 bits per heavy atom. The van der Waals surface area contributed by atoms with Gasteiger partial charge < -0.3 is 15.8 Å². The van der Waals surface area contributed by atoms with Crippen molar-refractivity contribution in [2.75, 3.05) is 6.54 Å². The van der Waals surface area contributed by atoms with Crippen molar-refractivity contribution < 1.29 is 13.9 Å². The number of benzene rings is 1. The van der Waals surface area contributed by atoms with E-state index in [0.29, 0.717) is 6.42 Å². The topological polar surface area (TPSA) is 64.4 Å². The van der Waals surface area contributed by atoms with Crippen molar-refractivity contribution in [2.45, 2.75) is 45.3 Å². The molecule has 0 aromatic heterocycles. The molecule has 0 aliphatic rings. The second kappa shape index (κ2) is 7.24. The third kappa shape index (κ3) is 4.81. The van der Waals surface area contributed by atoms with Gasteiger partial charge in [0.15, 0.2) is 11.6 Å². The van der Waals surface area contributed by atoms with Gasteiger partial charge in [0, 0.05) is 0 Å². The Bertz CT molecular complexity index is 449. The third-order valence-corrected chi connectivity index (χ3v) is 3.00. The number of nitrogens with one attached hydrogen (secondary N) is 1. The molecule has 0 saturated heterocycles. The lowest BCUT2D eigenvalue weighted by molar-refractivity contribution is -0.126. The molecule has 0 spiro atoms. The summed E-state index contributed by atoms with van der Waals surface area (Å²) in [6.07, 6.45) is 1.11. The number of hydrogen-bond donors (Lipinski definition) is 2. The highest BCUT2D eigenvalue weighted by Gasteiger charge is 2.27. The van der Waals surface area contributed by atoms with E-state index >= 15 is 0 Å². The van der Waals surface area contributed by atoms with Gasteiger partial charge in [0.2, 0.25) is 5.91 Å². The van der Waals surface area contributed by atoms with E-state index in [1.165, 1.54) is 6.07 Å². The zero-order valence-corrected chi connectivity index (χ0v) is 12.3. The summed E-state index contributed by atoms with van der Waals surface area (Å²) in [7, 11) is 0. The van der Waals surface area contributed by atoms with Gasteiger partial charge in [-0.1, -0.05) is 25.5 Å². The molecule has 0 heterocycles. The zero-order valence-electron chi connectivity index (χ0n) is 12.3. The first-order valence-corrected chi connectivity index (χ1v) is 6.85. The Morgan fingerprint density at radius 2 is 2.15 bits per heavy atom. The van der Waals surface area contributed by atoms with Gasteiger partial charge >= 0.3 is 0 Å². The summed E-state index contributed by atoms with van der Waals surface area (Å²) in [5.74, 6) is -0.457. The van der Waals surface area contributed by atoms with Crippen molar-refractivity contribution in [3.05, 3.63) is 30.1 Å². The van der Waals surface area contributed by atoms with E-state index in [-0.39, 0.29) is 24.3 Å². The summed E-state index contributed by atoms with van der Waals surface area (Å²) in [5, 5.41) is 2.74. The largest absolute Gasteiger partial charge is 0.486 e. The molecule has 0 aliphatic heterocycles. The molecule has 5 heteroatoms. The van der Waals surface area contributed by atoms with Crippen molar-refractivity contribution in [3.8, 4) is 5.75 Å². The highest BCUT2D eigenvalue weighted by Crippen LogP contribution is 2.16. The summed E-state index contributed by atoms with van der Waals surface area (Å²) in [6.45, 7) is 5.72. The molecule has 1 aromatic carbocycles. The maximum Gasteiger partial charge on any atom is 0.239 e. The molecule has 1 aromatic rings. The first-order chi connectivity index (χ1) is 9.36. The second-order valence-electron chi connectivity index (χ2n) is 5.24. The maximum absolute atomic E-state index is 13.4. The Morgan fingerprint density at radius 1 is 1.50 bits per heavy atom. The summed E-state index contributed by atoms with van der Waals surface area (Å²) in [5.41, 5.74) is 5.04. The number of hydrogen-bond acceptors (Lipinski definition) is 3. The van der Waals surface area contributed by atoms with Crippen molar-refractivity contribution in [2.24, 2.45) is 5.73 Å². The monoisotopic (exact) mass is 282 g/mol. The average molecular weight is 282 g/mol. The average Bonchev–Trinajstić information content (AvgIpc) is 2.38. The Balaban J connectivity index is 2.46. The number of para-hydroxylation sites is 1. The van der Waals surface area contributed by atoms with Gasteiger partial charge in [0.1, 0.15) is 6.10 Å². The number of amides is 1. The molecular weight excluding hydrogens is 259 g/mol. The summed E-state index contributed by atoms with van der Waals surface area (Å²) >= 11 is 0. The minimum absolute atomic E-state index is 0.179. The van der Waals surface area contributed by atoms with Gasteiger partial charge in [-0.3, -0.25) is 4.79 Å². The van der Waals surface area contributed by atoms with Crippen LogP contribution in [0.4, 0.5) is 4.39 Å². The van der Waals surface area contributed by atoms with Crippen LogP contribution in [0.2, 0.25) is 0 Å². The van der Waals surface area contributed by atoms with E-state index in [1.807, 2.05) is 6.92 Å². The van der Waals surface area contributed by atoms with Gasteiger partial charge in [-0.25, -0.2) is 4.39 Å². The quantitative estimate of drug-likeness (QED) is 0.806.